The molecule has 1 aromatic rings. The monoisotopic (exact) mass is 373 g/mol. The van der Waals surface area contributed by atoms with Crippen LogP contribution in [0, 0.1) is 5.92 Å². The number of urea groups is 1. The van der Waals surface area contributed by atoms with Gasteiger partial charge in [-0.05, 0) is 25.0 Å². The molecule has 0 bridgehead atoms. The fourth-order valence-corrected chi connectivity index (χ4v) is 3.28. The Morgan fingerprint density at radius 2 is 2.00 bits per heavy atom. The van der Waals surface area contributed by atoms with Gasteiger partial charge in [-0.15, -0.1) is 0 Å². The van der Waals surface area contributed by atoms with E-state index in [1.807, 2.05) is 0 Å². The van der Waals surface area contributed by atoms with Crippen molar-refractivity contribution in [3.05, 3.63) is 24.2 Å². The molecule has 142 valence electrons. The summed E-state index contributed by atoms with van der Waals surface area (Å²) in [5, 5.41) is 3.40. The van der Waals surface area contributed by atoms with Gasteiger partial charge in [-0.3, -0.25) is 19.8 Å². The second-order valence-electron chi connectivity index (χ2n) is 6.47. The van der Waals surface area contributed by atoms with Gasteiger partial charge in [0.05, 0.1) is 12.8 Å². The molecule has 3 rings (SSSR count). The minimum absolute atomic E-state index is 0.144. The predicted octanol–water partition coefficient (Wildman–Crippen LogP) is 2.29. The highest BCUT2D eigenvalue weighted by molar-refractivity contribution is 6.08. The average molecular weight is 373 g/mol. The van der Waals surface area contributed by atoms with E-state index in [1.54, 1.807) is 10.6 Å². The van der Waals surface area contributed by atoms with E-state index in [-0.39, 0.29) is 5.76 Å². The summed E-state index contributed by atoms with van der Waals surface area (Å²) in [6.07, 6.45) is -0.613. The van der Waals surface area contributed by atoms with E-state index in [0.29, 0.717) is 17.7 Å². The Bertz CT molecular complexity index is 698. The summed E-state index contributed by atoms with van der Waals surface area (Å²) in [6, 6.07) is 1.66. The zero-order valence-corrected chi connectivity index (χ0v) is 13.8. The Kier molecular flexibility index (Phi) is 4.68. The number of amides is 4. The Balaban J connectivity index is 1.84. The van der Waals surface area contributed by atoms with Crippen LogP contribution >= 0.6 is 0 Å². The van der Waals surface area contributed by atoms with Crippen LogP contribution in [0.15, 0.2) is 22.8 Å². The van der Waals surface area contributed by atoms with E-state index >= 15 is 0 Å². The zero-order chi connectivity index (χ0) is 18.9. The molecular weight excluding hydrogens is 355 g/mol. The molecule has 4 amide bonds. The summed E-state index contributed by atoms with van der Waals surface area (Å²) >= 11 is 0. The van der Waals surface area contributed by atoms with E-state index in [0.717, 1.165) is 19.3 Å². The average Bonchev–Trinajstić information content (AvgIpc) is 3.18. The Labute approximate surface area is 146 Å². The molecule has 1 aliphatic carbocycles. The smallest absolute Gasteiger partial charge is 0.440 e. The van der Waals surface area contributed by atoms with Crippen LogP contribution in [-0.2, 0) is 16.1 Å². The third-order valence-electron chi connectivity index (χ3n) is 4.71. The Morgan fingerprint density at radius 1 is 1.31 bits per heavy atom. The maximum atomic E-state index is 13.7. The van der Waals surface area contributed by atoms with Gasteiger partial charge in [-0.2, -0.15) is 13.2 Å². The molecule has 10 heteroatoms. The van der Waals surface area contributed by atoms with E-state index in [9.17, 15) is 27.6 Å². The van der Waals surface area contributed by atoms with Crippen LogP contribution in [0.5, 0.6) is 0 Å². The molecule has 1 saturated heterocycles. The van der Waals surface area contributed by atoms with Crippen molar-refractivity contribution >= 4 is 17.8 Å². The van der Waals surface area contributed by atoms with Crippen LogP contribution in [0.4, 0.5) is 18.0 Å². The molecule has 1 aromatic heterocycles. The zero-order valence-electron chi connectivity index (χ0n) is 13.8. The largest absolute Gasteiger partial charge is 0.467 e. The molecule has 0 aromatic carbocycles. The lowest BCUT2D eigenvalue weighted by Crippen LogP contribution is -2.70. The molecule has 1 unspecified atom stereocenters. The highest BCUT2D eigenvalue weighted by atomic mass is 19.4. The van der Waals surface area contributed by atoms with E-state index in [4.69, 9.17) is 4.42 Å². The normalized spacial score (nSPS) is 24.7. The summed E-state index contributed by atoms with van der Waals surface area (Å²) in [6.45, 7) is -0.463. The molecule has 1 saturated carbocycles. The van der Waals surface area contributed by atoms with Crippen molar-refractivity contribution in [1.29, 1.82) is 0 Å². The first-order valence-electron chi connectivity index (χ1n) is 8.30. The van der Waals surface area contributed by atoms with Crippen LogP contribution in [-0.4, -0.2) is 34.6 Å². The topological polar surface area (TPSA) is 91.7 Å². The van der Waals surface area contributed by atoms with Gasteiger partial charge in [0.1, 0.15) is 5.76 Å². The van der Waals surface area contributed by atoms with Crippen molar-refractivity contribution < 1.29 is 32.0 Å². The lowest BCUT2D eigenvalue weighted by atomic mass is 9.88. The van der Waals surface area contributed by atoms with Gasteiger partial charge in [-0.25, -0.2) is 4.79 Å². The number of halogens is 3. The number of carbonyl (C=O) groups is 3. The van der Waals surface area contributed by atoms with Crippen LogP contribution in [0.25, 0.3) is 0 Å². The number of rotatable bonds is 4. The highest BCUT2D eigenvalue weighted by Crippen LogP contribution is 2.35. The van der Waals surface area contributed by atoms with Crippen LogP contribution in [0.2, 0.25) is 0 Å². The van der Waals surface area contributed by atoms with Gasteiger partial charge in [0.15, 0.2) is 0 Å². The third kappa shape index (κ3) is 3.15. The number of imide groups is 1. The fraction of sp³-hybridized carbons (Fsp3) is 0.562. The predicted molar refractivity (Wildman–Crippen MR) is 81.3 cm³/mol. The third-order valence-corrected chi connectivity index (χ3v) is 4.71. The second-order valence-corrected chi connectivity index (χ2v) is 6.47. The number of nitrogens with zero attached hydrogens (tertiary/aromatic N) is 1. The summed E-state index contributed by atoms with van der Waals surface area (Å²) in [5.41, 5.74) is -3.45. The number of nitrogens with one attached hydrogen (secondary N) is 2. The number of furan rings is 1. The van der Waals surface area contributed by atoms with Crippen LogP contribution in [0.1, 0.15) is 37.9 Å². The van der Waals surface area contributed by atoms with Gasteiger partial charge in [0, 0.05) is 5.92 Å². The van der Waals surface area contributed by atoms with Crippen molar-refractivity contribution in [3.8, 4) is 0 Å². The van der Waals surface area contributed by atoms with Gasteiger partial charge in [-0.1, -0.05) is 19.3 Å². The van der Waals surface area contributed by atoms with Crippen molar-refractivity contribution in [3.63, 3.8) is 0 Å². The number of hydrogen-bond donors (Lipinski definition) is 2. The van der Waals surface area contributed by atoms with Crippen molar-refractivity contribution in [1.82, 2.24) is 15.5 Å². The molecule has 0 spiro atoms. The SMILES string of the molecule is O=C(NC1(C(F)(F)F)NC(=O)N(Cc2ccco2)C1=O)C1CCCCC1. The minimum atomic E-state index is -5.19. The van der Waals surface area contributed by atoms with E-state index in [2.05, 4.69) is 0 Å². The molecule has 2 fully saturated rings. The number of carbonyl (C=O) groups excluding carboxylic acids is 3. The molecule has 2 aliphatic rings. The molecule has 7 nitrogen and oxygen atoms in total. The molecule has 2 heterocycles. The van der Waals surface area contributed by atoms with Crippen LogP contribution < -0.4 is 10.6 Å². The molecule has 0 radical (unpaired) electrons. The highest BCUT2D eigenvalue weighted by Gasteiger charge is 2.69. The lowest BCUT2D eigenvalue weighted by Gasteiger charge is -2.32. The number of alkyl halides is 3. The molecule has 1 aliphatic heterocycles. The standard InChI is InChI=1S/C16H18F3N3O4/c17-16(18,19)15(20-12(23)10-5-2-1-3-6-10)13(24)22(14(25)21-15)9-11-7-4-8-26-11/h4,7-8,10H,1-3,5-6,9H2,(H,20,23)(H,21,25). The van der Waals surface area contributed by atoms with Crippen LogP contribution in [0.3, 0.4) is 0 Å². The minimum Gasteiger partial charge on any atom is -0.467 e. The summed E-state index contributed by atoms with van der Waals surface area (Å²) in [7, 11) is 0. The Morgan fingerprint density at radius 3 is 2.58 bits per heavy atom. The van der Waals surface area contributed by atoms with Gasteiger partial charge in [0.25, 0.3) is 11.6 Å². The molecule has 1 atom stereocenters. The van der Waals surface area contributed by atoms with Crippen molar-refractivity contribution in [2.45, 2.75) is 50.5 Å². The lowest BCUT2D eigenvalue weighted by molar-refractivity contribution is -0.205. The molecular formula is C16H18F3N3O4. The summed E-state index contributed by atoms with van der Waals surface area (Å²) in [5.74, 6) is -2.91. The molecule has 2 N–H and O–H groups in total. The maximum Gasteiger partial charge on any atom is 0.440 e. The fourth-order valence-electron chi connectivity index (χ4n) is 3.28. The van der Waals surface area contributed by atoms with Gasteiger partial charge >= 0.3 is 12.2 Å². The first-order valence-corrected chi connectivity index (χ1v) is 8.30. The van der Waals surface area contributed by atoms with Gasteiger partial charge in [0.2, 0.25) is 5.91 Å². The first kappa shape index (κ1) is 18.3. The Hall–Kier alpha value is -2.52. The summed E-state index contributed by atoms with van der Waals surface area (Å²) in [4.78, 5) is 37.2. The maximum absolute atomic E-state index is 13.7. The number of hydrogen-bond acceptors (Lipinski definition) is 4. The van der Waals surface area contributed by atoms with Crippen molar-refractivity contribution in [2.24, 2.45) is 5.92 Å². The first-order chi connectivity index (χ1) is 12.2. The quantitative estimate of drug-likeness (QED) is 0.792. The second kappa shape index (κ2) is 6.65. The molecule has 26 heavy (non-hydrogen) atoms. The summed E-state index contributed by atoms with van der Waals surface area (Å²) < 4.78 is 46.1. The van der Waals surface area contributed by atoms with Crippen molar-refractivity contribution in [2.75, 3.05) is 0 Å². The van der Waals surface area contributed by atoms with Gasteiger partial charge < -0.3 is 9.73 Å². The van der Waals surface area contributed by atoms with E-state index in [1.165, 1.54) is 18.4 Å². The van der Waals surface area contributed by atoms with E-state index < -0.39 is 42.1 Å².